The topological polar surface area (TPSA) is 52.0 Å². The summed E-state index contributed by atoms with van der Waals surface area (Å²) in [5.74, 6) is -0.312. The highest BCUT2D eigenvalue weighted by Crippen LogP contribution is 2.21. The summed E-state index contributed by atoms with van der Waals surface area (Å²) >= 11 is 0. The molecule has 1 N–H and O–H groups in total. The maximum absolute atomic E-state index is 13.3. The predicted octanol–water partition coefficient (Wildman–Crippen LogP) is 4.32. The van der Waals surface area contributed by atoms with Gasteiger partial charge < -0.3 is 10.1 Å². The van der Waals surface area contributed by atoms with Gasteiger partial charge in [0.2, 0.25) is 5.95 Å². The number of hydrogen-bond acceptors (Lipinski definition) is 4. The fourth-order valence-corrected chi connectivity index (χ4v) is 2.13. The summed E-state index contributed by atoms with van der Waals surface area (Å²) in [6.07, 6.45) is 1.42. The molecule has 0 saturated carbocycles. The molecule has 0 saturated heterocycles. The molecule has 3 aromatic rings. The maximum Gasteiger partial charge on any atom is 0.246 e. The summed E-state index contributed by atoms with van der Waals surface area (Å²) in [7, 11) is 0. The molecule has 5 nitrogen and oxygen atoms in total. The van der Waals surface area contributed by atoms with Crippen LogP contribution >= 0.6 is 0 Å². The Hall–Kier alpha value is -2.96. The van der Waals surface area contributed by atoms with E-state index in [0.717, 1.165) is 23.6 Å². The second kappa shape index (κ2) is 7.29. The summed E-state index contributed by atoms with van der Waals surface area (Å²) in [5, 5.41) is 7.27. The second-order valence-corrected chi connectivity index (χ2v) is 5.97. The Labute approximate surface area is 144 Å². The van der Waals surface area contributed by atoms with Crippen molar-refractivity contribution in [3.05, 3.63) is 60.4 Å². The average molecular weight is 344 g/mol. The first-order chi connectivity index (χ1) is 12.0. The van der Waals surface area contributed by atoms with Crippen LogP contribution in [0.15, 0.2) is 48.8 Å². The first-order valence-electron chi connectivity index (χ1n) is 7.88. The predicted molar refractivity (Wildman–Crippen MR) is 91.3 cm³/mol. The first-order valence-corrected chi connectivity index (χ1v) is 7.88. The fourth-order valence-electron chi connectivity index (χ4n) is 2.13. The molecular weight excluding hydrogens is 326 g/mol. The Kier molecular flexibility index (Phi) is 4.92. The fraction of sp³-hybridized carbons (Fsp3) is 0.222. The third-order valence-electron chi connectivity index (χ3n) is 3.33. The van der Waals surface area contributed by atoms with Gasteiger partial charge in [0.25, 0.3) is 0 Å². The van der Waals surface area contributed by atoms with Crippen LogP contribution in [0.1, 0.15) is 13.8 Å². The normalized spacial score (nSPS) is 10.9. The minimum absolute atomic E-state index is 0.339. The van der Waals surface area contributed by atoms with Gasteiger partial charge in [-0.05, 0) is 30.2 Å². The molecule has 2 aromatic carbocycles. The van der Waals surface area contributed by atoms with Crippen molar-refractivity contribution in [3.63, 3.8) is 0 Å². The molecule has 1 heterocycles. The van der Waals surface area contributed by atoms with Crippen molar-refractivity contribution in [2.75, 3.05) is 11.9 Å². The van der Waals surface area contributed by atoms with Crippen molar-refractivity contribution in [3.8, 4) is 11.4 Å². The molecule has 0 spiro atoms. The maximum atomic E-state index is 13.3. The molecule has 1 aromatic heterocycles. The highest BCUT2D eigenvalue weighted by molar-refractivity contribution is 5.55. The molecule has 7 heteroatoms. The van der Waals surface area contributed by atoms with Gasteiger partial charge in [-0.1, -0.05) is 19.9 Å². The van der Waals surface area contributed by atoms with Crippen LogP contribution in [0, 0.1) is 17.6 Å². The number of aromatic nitrogens is 3. The molecule has 0 aliphatic carbocycles. The van der Waals surface area contributed by atoms with Gasteiger partial charge in [0.05, 0.1) is 12.3 Å². The minimum atomic E-state index is -0.933. The van der Waals surface area contributed by atoms with E-state index in [1.165, 1.54) is 17.1 Å². The van der Waals surface area contributed by atoms with Crippen LogP contribution in [0.2, 0.25) is 0 Å². The highest BCUT2D eigenvalue weighted by atomic mass is 19.2. The number of benzene rings is 2. The van der Waals surface area contributed by atoms with Crippen LogP contribution in [0.4, 0.5) is 20.4 Å². The lowest BCUT2D eigenvalue weighted by Gasteiger charge is -2.10. The summed E-state index contributed by atoms with van der Waals surface area (Å²) in [5.41, 5.74) is 1.15. The summed E-state index contributed by atoms with van der Waals surface area (Å²) in [6.45, 7) is 4.79. The number of nitrogens with zero attached hydrogens (tertiary/aromatic N) is 3. The number of ether oxygens (including phenoxy) is 1. The standard InChI is InChI=1S/C18H18F2N4O/c1-12(2)10-25-15-5-3-4-13(8-15)22-18-21-11-24(23-18)14-6-7-16(19)17(20)9-14/h3-9,11-12H,10H2,1-2H3,(H,22,23). The van der Waals surface area contributed by atoms with Crippen molar-refractivity contribution in [1.82, 2.24) is 14.8 Å². The van der Waals surface area contributed by atoms with E-state index < -0.39 is 11.6 Å². The SMILES string of the molecule is CC(C)COc1cccc(Nc2ncn(-c3ccc(F)c(F)c3)n2)c1. The summed E-state index contributed by atoms with van der Waals surface area (Å²) < 4.78 is 33.4. The zero-order valence-electron chi connectivity index (χ0n) is 13.9. The van der Waals surface area contributed by atoms with Gasteiger partial charge >= 0.3 is 0 Å². The molecule has 0 aliphatic heterocycles. The van der Waals surface area contributed by atoms with E-state index >= 15 is 0 Å². The molecule has 0 aliphatic rings. The van der Waals surface area contributed by atoms with Gasteiger partial charge in [-0.25, -0.2) is 13.5 Å². The van der Waals surface area contributed by atoms with Crippen LogP contribution in [0.3, 0.4) is 0 Å². The molecule has 25 heavy (non-hydrogen) atoms. The Morgan fingerprint density at radius 1 is 1.12 bits per heavy atom. The molecule has 0 atom stereocenters. The lowest BCUT2D eigenvalue weighted by molar-refractivity contribution is 0.271. The molecule has 130 valence electrons. The van der Waals surface area contributed by atoms with Crippen molar-refractivity contribution in [1.29, 1.82) is 0 Å². The number of hydrogen-bond donors (Lipinski definition) is 1. The third-order valence-corrected chi connectivity index (χ3v) is 3.33. The quantitative estimate of drug-likeness (QED) is 0.723. The second-order valence-electron chi connectivity index (χ2n) is 5.97. The van der Waals surface area contributed by atoms with E-state index in [9.17, 15) is 8.78 Å². The molecule has 0 bridgehead atoms. The smallest absolute Gasteiger partial charge is 0.246 e. The molecule has 0 unspecified atom stereocenters. The Morgan fingerprint density at radius 3 is 2.72 bits per heavy atom. The Bertz CT molecular complexity index is 864. The van der Waals surface area contributed by atoms with E-state index in [1.54, 1.807) is 0 Å². The largest absolute Gasteiger partial charge is 0.493 e. The molecular formula is C18H18F2N4O. The summed E-state index contributed by atoms with van der Waals surface area (Å²) in [6, 6.07) is 11.0. The van der Waals surface area contributed by atoms with Gasteiger partial charge in [-0.2, -0.15) is 4.98 Å². The van der Waals surface area contributed by atoms with E-state index in [4.69, 9.17) is 4.74 Å². The van der Waals surface area contributed by atoms with Crippen LogP contribution in [-0.4, -0.2) is 21.4 Å². The molecule has 0 radical (unpaired) electrons. The zero-order chi connectivity index (χ0) is 17.8. The lowest BCUT2D eigenvalue weighted by atomic mass is 10.2. The Balaban J connectivity index is 1.73. The van der Waals surface area contributed by atoms with E-state index in [2.05, 4.69) is 29.2 Å². The molecule has 0 amide bonds. The van der Waals surface area contributed by atoms with E-state index in [0.29, 0.717) is 24.2 Å². The van der Waals surface area contributed by atoms with Crippen LogP contribution < -0.4 is 10.1 Å². The van der Waals surface area contributed by atoms with Gasteiger partial charge in [-0.15, -0.1) is 5.10 Å². The number of nitrogens with one attached hydrogen (secondary N) is 1. The van der Waals surface area contributed by atoms with Gasteiger partial charge in [0.1, 0.15) is 12.1 Å². The summed E-state index contributed by atoms with van der Waals surface area (Å²) in [4.78, 5) is 4.13. The molecule has 0 fully saturated rings. The monoisotopic (exact) mass is 344 g/mol. The van der Waals surface area contributed by atoms with Crippen molar-refractivity contribution >= 4 is 11.6 Å². The van der Waals surface area contributed by atoms with Crippen molar-refractivity contribution in [2.24, 2.45) is 5.92 Å². The van der Waals surface area contributed by atoms with Gasteiger partial charge in [0, 0.05) is 17.8 Å². The van der Waals surface area contributed by atoms with E-state index in [-0.39, 0.29) is 0 Å². The first kappa shape index (κ1) is 16.9. The van der Waals surface area contributed by atoms with Gasteiger partial charge in [-0.3, -0.25) is 0 Å². The number of anilines is 2. The number of halogens is 2. The number of rotatable bonds is 6. The average Bonchev–Trinajstić information content (AvgIpc) is 3.04. The minimum Gasteiger partial charge on any atom is -0.493 e. The Morgan fingerprint density at radius 2 is 1.96 bits per heavy atom. The zero-order valence-corrected chi connectivity index (χ0v) is 13.9. The van der Waals surface area contributed by atoms with Gasteiger partial charge in [0.15, 0.2) is 11.6 Å². The van der Waals surface area contributed by atoms with Crippen LogP contribution in [0.25, 0.3) is 5.69 Å². The van der Waals surface area contributed by atoms with Crippen LogP contribution in [-0.2, 0) is 0 Å². The highest BCUT2D eigenvalue weighted by Gasteiger charge is 2.07. The molecule has 3 rings (SSSR count). The van der Waals surface area contributed by atoms with Crippen molar-refractivity contribution in [2.45, 2.75) is 13.8 Å². The van der Waals surface area contributed by atoms with Crippen molar-refractivity contribution < 1.29 is 13.5 Å². The van der Waals surface area contributed by atoms with Crippen LogP contribution in [0.5, 0.6) is 5.75 Å². The lowest BCUT2D eigenvalue weighted by Crippen LogP contribution is -2.04. The van der Waals surface area contributed by atoms with E-state index in [1.807, 2.05) is 24.3 Å². The third kappa shape index (κ3) is 4.32.